The molecule has 0 saturated carbocycles. The lowest BCUT2D eigenvalue weighted by atomic mass is 9.94. The molecule has 1 heterocycles. The van der Waals surface area contributed by atoms with Crippen LogP contribution in [-0.4, -0.2) is 30.1 Å². The first-order chi connectivity index (χ1) is 6.51. The van der Waals surface area contributed by atoms with E-state index < -0.39 is 0 Å². The summed E-state index contributed by atoms with van der Waals surface area (Å²) in [5.41, 5.74) is 5.99. The van der Waals surface area contributed by atoms with E-state index in [2.05, 4.69) is 25.7 Å². The quantitative estimate of drug-likeness (QED) is 0.750. The van der Waals surface area contributed by atoms with E-state index in [4.69, 9.17) is 5.73 Å². The summed E-state index contributed by atoms with van der Waals surface area (Å²) in [5, 5.41) is 0. The second-order valence-corrected chi connectivity index (χ2v) is 5.46. The van der Waals surface area contributed by atoms with Crippen molar-refractivity contribution in [2.24, 2.45) is 11.7 Å². The van der Waals surface area contributed by atoms with Gasteiger partial charge in [0.05, 0.1) is 0 Å². The topological polar surface area (TPSA) is 29.3 Å². The van der Waals surface area contributed by atoms with Crippen molar-refractivity contribution >= 4 is 0 Å². The molecule has 0 amide bonds. The van der Waals surface area contributed by atoms with E-state index in [0.29, 0.717) is 0 Å². The predicted molar refractivity (Wildman–Crippen MR) is 62.3 cm³/mol. The molecule has 84 valence electrons. The second-order valence-electron chi connectivity index (χ2n) is 5.46. The zero-order valence-electron chi connectivity index (χ0n) is 10.1. The largest absolute Gasteiger partial charge is 0.326 e. The lowest BCUT2D eigenvalue weighted by Gasteiger charge is -2.33. The maximum Gasteiger partial charge on any atom is 0.0109 e. The van der Waals surface area contributed by atoms with Crippen molar-refractivity contribution in [1.29, 1.82) is 0 Å². The molecule has 0 aromatic rings. The molecule has 0 spiro atoms. The molecule has 0 aliphatic carbocycles. The Morgan fingerprint density at radius 3 is 2.71 bits per heavy atom. The third-order valence-corrected chi connectivity index (χ3v) is 3.25. The summed E-state index contributed by atoms with van der Waals surface area (Å²) < 4.78 is 0. The Hall–Kier alpha value is -0.0800. The molecular formula is C12H26N2. The molecule has 2 heteroatoms. The molecule has 1 fully saturated rings. The van der Waals surface area contributed by atoms with Crippen LogP contribution in [0.25, 0.3) is 0 Å². The molecule has 1 unspecified atom stereocenters. The van der Waals surface area contributed by atoms with Crippen LogP contribution in [0.3, 0.4) is 0 Å². The highest BCUT2D eigenvalue weighted by Gasteiger charge is 2.20. The molecule has 1 atom stereocenters. The van der Waals surface area contributed by atoms with E-state index in [1.54, 1.807) is 0 Å². The fourth-order valence-electron chi connectivity index (χ4n) is 2.13. The van der Waals surface area contributed by atoms with Gasteiger partial charge in [0.1, 0.15) is 0 Å². The summed E-state index contributed by atoms with van der Waals surface area (Å²) in [6, 6.07) is 0. The first-order valence-electron chi connectivity index (χ1n) is 6.02. The molecule has 0 aromatic carbocycles. The maximum atomic E-state index is 5.99. The Labute approximate surface area is 88.8 Å². The SMILES string of the molecule is CCC1CCCN(CCC(C)(C)N)C1. The van der Waals surface area contributed by atoms with Gasteiger partial charge in [-0.25, -0.2) is 0 Å². The minimum absolute atomic E-state index is 0.000835. The minimum atomic E-state index is -0.000835. The van der Waals surface area contributed by atoms with Gasteiger partial charge in [-0.1, -0.05) is 13.3 Å². The van der Waals surface area contributed by atoms with Gasteiger partial charge in [-0.3, -0.25) is 0 Å². The van der Waals surface area contributed by atoms with Crippen LogP contribution in [0.2, 0.25) is 0 Å². The van der Waals surface area contributed by atoms with E-state index in [1.165, 1.54) is 38.9 Å². The van der Waals surface area contributed by atoms with Gasteiger partial charge < -0.3 is 10.6 Å². The van der Waals surface area contributed by atoms with Crippen molar-refractivity contribution in [2.45, 2.75) is 52.0 Å². The summed E-state index contributed by atoms with van der Waals surface area (Å²) >= 11 is 0. The Bertz CT molecular complexity index is 160. The Morgan fingerprint density at radius 1 is 1.43 bits per heavy atom. The standard InChI is InChI=1S/C12H26N2/c1-4-11-6-5-8-14(10-11)9-7-12(2,3)13/h11H,4-10,13H2,1-3H3. The van der Waals surface area contributed by atoms with Gasteiger partial charge in [0.25, 0.3) is 0 Å². The van der Waals surface area contributed by atoms with Crippen LogP contribution < -0.4 is 5.73 Å². The summed E-state index contributed by atoms with van der Waals surface area (Å²) in [6.45, 7) is 10.3. The highest BCUT2D eigenvalue weighted by molar-refractivity contribution is 4.77. The molecule has 0 radical (unpaired) electrons. The van der Waals surface area contributed by atoms with Crippen LogP contribution in [0.1, 0.15) is 46.5 Å². The van der Waals surface area contributed by atoms with Crippen molar-refractivity contribution in [2.75, 3.05) is 19.6 Å². The molecule has 1 aliphatic heterocycles. The number of nitrogens with two attached hydrogens (primary N) is 1. The van der Waals surface area contributed by atoms with Crippen LogP contribution in [-0.2, 0) is 0 Å². The van der Waals surface area contributed by atoms with E-state index >= 15 is 0 Å². The molecular weight excluding hydrogens is 172 g/mol. The molecule has 1 saturated heterocycles. The number of rotatable bonds is 4. The summed E-state index contributed by atoms with van der Waals surface area (Å²) in [6.07, 6.45) is 5.26. The van der Waals surface area contributed by atoms with Crippen LogP contribution in [0, 0.1) is 5.92 Å². The van der Waals surface area contributed by atoms with Gasteiger partial charge in [-0.05, 0) is 52.1 Å². The molecule has 0 bridgehead atoms. The molecule has 14 heavy (non-hydrogen) atoms. The first-order valence-corrected chi connectivity index (χ1v) is 6.02. The third-order valence-electron chi connectivity index (χ3n) is 3.25. The first kappa shape index (κ1) is 12.0. The van der Waals surface area contributed by atoms with Crippen LogP contribution in [0.15, 0.2) is 0 Å². The average Bonchev–Trinajstić information content (AvgIpc) is 2.14. The van der Waals surface area contributed by atoms with Crippen LogP contribution in [0.4, 0.5) is 0 Å². The van der Waals surface area contributed by atoms with E-state index in [9.17, 15) is 0 Å². The normalized spacial score (nSPS) is 25.3. The highest BCUT2D eigenvalue weighted by atomic mass is 15.1. The Balaban J connectivity index is 2.24. The monoisotopic (exact) mass is 198 g/mol. The Morgan fingerprint density at radius 2 is 2.14 bits per heavy atom. The van der Waals surface area contributed by atoms with Gasteiger partial charge in [0, 0.05) is 12.1 Å². The van der Waals surface area contributed by atoms with E-state index in [-0.39, 0.29) is 5.54 Å². The number of hydrogen-bond acceptors (Lipinski definition) is 2. The minimum Gasteiger partial charge on any atom is -0.326 e. The predicted octanol–water partition coefficient (Wildman–Crippen LogP) is 2.24. The number of nitrogens with zero attached hydrogens (tertiary/aromatic N) is 1. The highest BCUT2D eigenvalue weighted by Crippen LogP contribution is 2.19. The molecule has 0 aromatic heterocycles. The zero-order valence-corrected chi connectivity index (χ0v) is 10.1. The van der Waals surface area contributed by atoms with Crippen molar-refractivity contribution in [1.82, 2.24) is 4.90 Å². The average molecular weight is 198 g/mol. The van der Waals surface area contributed by atoms with Crippen LogP contribution >= 0.6 is 0 Å². The maximum absolute atomic E-state index is 5.99. The van der Waals surface area contributed by atoms with Gasteiger partial charge in [0.2, 0.25) is 0 Å². The van der Waals surface area contributed by atoms with Crippen LogP contribution in [0.5, 0.6) is 0 Å². The van der Waals surface area contributed by atoms with E-state index in [1.807, 2.05) is 0 Å². The number of piperidine rings is 1. The molecule has 1 aliphatic rings. The van der Waals surface area contributed by atoms with Gasteiger partial charge in [-0.2, -0.15) is 0 Å². The van der Waals surface area contributed by atoms with Gasteiger partial charge in [0.15, 0.2) is 0 Å². The molecule has 2 nitrogen and oxygen atoms in total. The lowest BCUT2D eigenvalue weighted by molar-refractivity contribution is 0.161. The number of likely N-dealkylation sites (tertiary alicyclic amines) is 1. The Kier molecular flexibility index (Phi) is 4.39. The van der Waals surface area contributed by atoms with Crippen molar-refractivity contribution in [3.8, 4) is 0 Å². The summed E-state index contributed by atoms with van der Waals surface area (Å²) in [5.74, 6) is 0.935. The van der Waals surface area contributed by atoms with Gasteiger partial charge >= 0.3 is 0 Å². The molecule has 2 N–H and O–H groups in total. The van der Waals surface area contributed by atoms with Gasteiger partial charge in [-0.15, -0.1) is 0 Å². The van der Waals surface area contributed by atoms with Crippen molar-refractivity contribution in [3.63, 3.8) is 0 Å². The molecule has 1 rings (SSSR count). The summed E-state index contributed by atoms with van der Waals surface area (Å²) in [4.78, 5) is 2.59. The van der Waals surface area contributed by atoms with E-state index in [0.717, 1.165) is 12.3 Å². The number of hydrogen-bond donors (Lipinski definition) is 1. The van der Waals surface area contributed by atoms with Crippen molar-refractivity contribution in [3.05, 3.63) is 0 Å². The zero-order chi connectivity index (χ0) is 10.6. The summed E-state index contributed by atoms with van der Waals surface area (Å²) in [7, 11) is 0. The fraction of sp³-hybridized carbons (Fsp3) is 1.00. The fourth-order valence-corrected chi connectivity index (χ4v) is 2.13. The third kappa shape index (κ3) is 4.43. The second kappa shape index (κ2) is 5.13. The lowest BCUT2D eigenvalue weighted by Crippen LogP contribution is -2.41. The smallest absolute Gasteiger partial charge is 0.0109 e. The van der Waals surface area contributed by atoms with Crippen molar-refractivity contribution < 1.29 is 0 Å².